The van der Waals surface area contributed by atoms with Crippen LogP contribution in [-0.2, 0) is 0 Å². The molecule has 0 saturated carbocycles. The highest BCUT2D eigenvalue weighted by molar-refractivity contribution is 6.33. The monoisotopic (exact) mass is 347 g/mol. The summed E-state index contributed by atoms with van der Waals surface area (Å²) in [6.07, 6.45) is 6.86. The molecule has 0 saturated heterocycles. The van der Waals surface area contributed by atoms with Crippen molar-refractivity contribution in [1.82, 2.24) is 19.9 Å². The molecule has 0 atom stereocenters. The molecule has 7 heteroatoms. The lowest BCUT2D eigenvalue weighted by Gasteiger charge is -2.05. The Kier molecular flexibility index (Phi) is 6.26. The third-order valence-corrected chi connectivity index (χ3v) is 3.18. The van der Waals surface area contributed by atoms with Gasteiger partial charge < -0.3 is 5.32 Å². The van der Waals surface area contributed by atoms with Crippen molar-refractivity contribution in [1.29, 1.82) is 0 Å². The first-order valence-corrected chi connectivity index (χ1v) is 7.54. The molecule has 0 amide bonds. The molecule has 0 fully saturated rings. The van der Waals surface area contributed by atoms with Crippen LogP contribution in [0.4, 0.5) is 11.6 Å². The second-order valence-corrected chi connectivity index (χ2v) is 5.46. The van der Waals surface area contributed by atoms with Gasteiger partial charge in [-0.05, 0) is 48.7 Å². The highest BCUT2D eigenvalue weighted by Crippen LogP contribution is 2.22. The average molecular weight is 348 g/mol. The van der Waals surface area contributed by atoms with Gasteiger partial charge in [0.2, 0.25) is 11.2 Å². The minimum atomic E-state index is 0.301. The average Bonchev–Trinajstić information content (AvgIpc) is 2.55. The molecule has 0 radical (unpaired) electrons. The van der Waals surface area contributed by atoms with Crippen molar-refractivity contribution < 1.29 is 0 Å². The van der Waals surface area contributed by atoms with Crippen molar-refractivity contribution in [2.45, 2.75) is 13.8 Å². The van der Waals surface area contributed by atoms with Crippen molar-refractivity contribution in [3.8, 4) is 0 Å². The standard InChI is InChI=1S/C11H10ClN3.C5H5ClN2/c1-8-6-13-11(14-7-8)15-10-5-3-2-4-9(10)12;1-4-2-7-5(6)8-3-4/h2-7H,1H3,(H,13,14,15);2-3H,1H3. The van der Waals surface area contributed by atoms with E-state index in [9.17, 15) is 0 Å². The summed E-state index contributed by atoms with van der Waals surface area (Å²) < 4.78 is 0. The van der Waals surface area contributed by atoms with E-state index in [1.165, 1.54) is 0 Å². The Hall–Kier alpha value is -2.24. The van der Waals surface area contributed by atoms with Crippen LogP contribution in [0.2, 0.25) is 10.3 Å². The van der Waals surface area contributed by atoms with E-state index >= 15 is 0 Å². The molecule has 2 heterocycles. The van der Waals surface area contributed by atoms with Crippen LogP contribution in [0, 0.1) is 13.8 Å². The number of anilines is 2. The van der Waals surface area contributed by atoms with E-state index in [0.29, 0.717) is 16.3 Å². The Labute approximate surface area is 144 Å². The summed E-state index contributed by atoms with van der Waals surface area (Å²) in [5.41, 5.74) is 2.86. The van der Waals surface area contributed by atoms with Gasteiger partial charge in [0.25, 0.3) is 0 Å². The van der Waals surface area contributed by atoms with Crippen LogP contribution in [0.5, 0.6) is 0 Å². The molecule has 3 aromatic rings. The maximum atomic E-state index is 5.99. The lowest BCUT2D eigenvalue weighted by atomic mass is 10.3. The summed E-state index contributed by atoms with van der Waals surface area (Å²) in [5.74, 6) is 0.550. The minimum absolute atomic E-state index is 0.301. The Morgan fingerprint density at radius 1 is 0.783 bits per heavy atom. The normalized spacial score (nSPS) is 9.74. The van der Waals surface area contributed by atoms with Gasteiger partial charge in [-0.1, -0.05) is 23.7 Å². The fraction of sp³-hybridized carbons (Fsp3) is 0.125. The molecule has 3 rings (SSSR count). The molecule has 2 aromatic heterocycles. The summed E-state index contributed by atoms with van der Waals surface area (Å²) in [4.78, 5) is 15.7. The molecule has 5 nitrogen and oxygen atoms in total. The lowest BCUT2D eigenvalue weighted by Crippen LogP contribution is -1.96. The van der Waals surface area contributed by atoms with Gasteiger partial charge in [0.15, 0.2) is 0 Å². The summed E-state index contributed by atoms with van der Waals surface area (Å²) in [7, 11) is 0. The number of hydrogen-bond acceptors (Lipinski definition) is 5. The molecule has 1 aromatic carbocycles. The van der Waals surface area contributed by atoms with E-state index in [2.05, 4.69) is 25.3 Å². The van der Waals surface area contributed by atoms with Gasteiger partial charge >= 0.3 is 0 Å². The number of benzene rings is 1. The second kappa shape index (κ2) is 8.41. The van der Waals surface area contributed by atoms with Crippen LogP contribution >= 0.6 is 23.2 Å². The van der Waals surface area contributed by atoms with Gasteiger partial charge in [0.1, 0.15) is 0 Å². The van der Waals surface area contributed by atoms with E-state index in [-0.39, 0.29) is 0 Å². The zero-order valence-electron chi connectivity index (χ0n) is 12.7. The van der Waals surface area contributed by atoms with Gasteiger partial charge in [-0.2, -0.15) is 0 Å². The molecule has 0 bridgehead atoms. The Bertz CT molecular complexity index is 724. The first-order chi connectivity index (χ1) is 11.0. The van der Waals surface area contributed by atoms with E-state index in [1.54, 1.807) is 24.8 Å². The Balaban J connectivity index is 0.000000203. The predicted octanol–water partition coefficient (Wildman–Crippen LogP) is 4.62. The van der Waals surface area contributed by atoms with Crippen LogP contribution in [0.25, 0.3) is 0 Å². The number of aryl methyl sites for hydroxylation is 2. The number of nitrogens with zero attached hydrogens (tertiary/aromatic N) is 4. The van der Waals surface area contributed by atoms with Gasteiger partial charge in [-0.3, -0.25) is 0 Å². The van der Waals surface area contributed by atoms with Crippen molar-refractivity contribution in [3.05, 3.63) is 70.5 Å². The van der Waals surface area contributed by atoms with Crippen LogP contribution in [0.1, 0.15) is 11.1 Å². The summed E-state index contributed by atoms with van der Waals surface area (Å²) in [6, 6.07) is 7.48. The lowest BCUT2D eigenvalue weighted by molar-refractivity contribution is 1.13. The number of nitrogens with one attached hydrogen (secondary N) is 1. The van der Waals surface area contributed by atoms with E-state index in [0.717, 1.165) is 16.8 Å². The highest BCUT2D eigenvalue weighted by atomic mass is 35.5. The zero-order chi connectivity index (χ0) is 16.7. The van der Waals surface area contributed by atoms with Crippen molar-refractivity contribution in [2.75, 3.05) is 5.32 Å². The molecular formula is C16H15Cl2N5. The van der Waals surface area contributed by atoms with Crippen LogP contribution in [-0.4, -0.2) is 19.9 Å². The molecule has 0 aliphatic heterocycles. The van der Waals surface area contributed by atoms with Crippen LogP contribution in [0.15, 0.2) is 49.1 Å². The van der Waals surface area contributed by atoms with Crippen LogP contribution < -0.4 is 5.32 Å². The summed E-state index contributed by atoms with van der Waals surface area (Å²) in [5, 5.41) is 4.00. The number of hydrogen-bond donors (Lipinski definition) is 1. The SMILES string of the molecule is Cc1cnc(Cl)nc1.Cc1cnc(Nc2ccccc2Cl)nc1. The van der Waals surface area contributed by atoms with Crippen molar-refractivity contribution in [2.24, 2.45) is 0 Å². The number of halogens is 2. The van der Waals surface area contributed by atoms with Gasteiger partial charge in [0.05, 0.1) is 10.7 Å². The molecule has 0 spiro atoms. The molecule has 0 aliphatic rings. The fourth-order valence-electron chi connectivity index (χ4n) is 1.52. The van der Waals surface area contributed by atoms with Gasteiger partial charge in [-0.15, -0.1) is 0 Å². The first-order valence-electron chi connectivity index (χ1n) is 6.79. The maximum absolute atomic E-state index is 5.99. The largest absolute Gasteiger partial charge is 0.323 e. The molecule has 0 unspecified atom stereocenters. The fourth-order valence-corrected chi connectivity index (χ4v) is 1.80. The highest BCUT2D eigenvalue weighted by Gasteiger charge is 2.00. The first kappa shape index (κ1) is 17.1. The Morgan fingerprint density at radius 2 is 1.30 bits per heavy atom. The number of para-hydroxylation sites is 1. The zero-order valence-corrected chi connectivity index (χ0v) is 14.2. The smallest absolute Gasteiger partial charge is 0.227 e. The third-order valence-electron chi connectivity index (χ3n) is 2.65. The van der Waals surface area contributed by atoms with E-state index in [1.807, 2.05) is 38.1 Å². The Morgan fingerprint density at radius 3 is 1.83 bits per heavy atom. The predicted molar refractivity (Wildman–Crippen MR) is 93.3 cm³/mol. The topological polar surface area (TPSA) is 63.6 Å². The summed E-state index contributed by atoms with van der Waals surface area (Å²) in [6.45, 7) is 3.86. The van der Waals surface area contributed by atoms with E-state index < -0.39 is 0 Å². The second-order valence-electron chi connectivity index (χ2n) is 4.72. The molecule has 0 aliphatic carbocycles. The molecule has 23 heavy (non-hydrogen) atoms. The van der Waals surface area contributed by atoms with E-state index in [4.69, 9.17) is 23.2 Å². The maximum Gasteiger partial charge on any atom is 0.227 e. The number of aromatic nitrogens is 4. The van der Waals surface area contributed by atoms with Crippen molar-refractivity contribution >= 4 is 34.8 Å². The molecular weight excluding hydrogens is 333 g/mol. The number of rotatable bonds is 2. The van der Waals surface area contributed by atoms with Gasteiger partial charge in [-0.25, -0.2) is 19.9 Å². The molecule has 1 N–H and O–H groups in total. The minimum Gasteiger partial charge on any atom is -0.323 e. The summed E-state index contributed by atoms with van der Waals surface area (Å²) >= 11 is 11.4. The van der Waals surface area contributed by atoms with Crippen molar-refractivity contribution in [3.63, 3.8) is 0 Å². The third kappa shape index (κ3) is 5.81. The van der Waals surface area contributed by atoms with Crippen LogP contribution in [0.3, 0.4) is 0 Å². The van der Waals surface area contributed by atoms with Gasteiger partial charge in [0, 0.05) is 24.8 Å². The molecule has 118 valence electrons. The quantitative estimate of drug-likeness (QED) is 0.685.